The molecule has 2 rings (SSSR count). The molecule has 0 aliphatic carbocycles. The number of halogens is 1. The predicted molar refractivity (Wildman–Crippen MR) is 79.3 cm³/mol. The summed E-state index contributed by atoms with van der Waals surface area (Å²) in [6.45, 7) is 0.494. The fourth-order valence-electron chi connectivity index (χ4n) is 2.34. The maximum Gasteiger partial charge on any atom is 0.283 e. The molecule has 1 saturated heterocycles. The van der Waals surface area contributed by atoms with Crippen molar-refractivity contribution in [1.29, 1.82) is 0 Å². The van der Waals surface area contributed by atoms with Crippen molar-refractivity contribution in [1.82, 2.24) is 4.90 Å². The molecule has 0 N–H and O–H groups in total. The number of hydrogen-bond acceptors (Lipinski definition) is 5. The largest absolute Gasteiger partial charge is 0.298 e. The zero-order valence-electron chi connectivity index (χ0n) is 11.0. The van der Waals surface area contributed by atoms with Crippen molar-refractivity contribution >= 4 is 31.5 Å². The van der Waals surface area contributed by atoms with Gasteiger partial charge in [0.25, 0.3) is 5.69 Å². The molecule has 0 bridgehead atoms. The van der Waals surface area contributed by atoms with Gasteiger partial charge in [0.2, 0.25) is 0 Å². The van der Waals surface area contributed by atoms with E-state index in [1.165, 1.54) is 6.07 Å². The maximum absolute atomic E-state index is 11.5. The van der Waals surface area contributed by atoms with Crippen molar-refractivity contribution in [3.8, 4) is 0 Å². The summed E-state index contributed by atoms with van der Waals surface area (Å²) in [5.41, 5.74) is 0.821. The SMILES string of the molecule is CN(Cc1ccc(Br)c([N+](=O)[O-])c1)C1CCS(=O)(=O)C1. The van der Waals surface area contributed by atoms with E-state index >= 15 is 0 Å². The summed E-state index contributed by atoms with van der Waals surface area (Å²) in [5.74, 6) is 0.393. The lowest BCUT2D eigenvalue weighted by atomic mass is 10.1. The third kappa shape index (κ3) is 3.56. The summed E-state index contributed by atoms with van der Waals surface area (Å²) in [6.07, 6.45) is 0.622. The molecule has 1 heterocycles. The predicted octanol–water partition coefficient (Wildman–Crippen LogP) is 1.98. The lowest BCUT2D eigenvalue weighted by molar-refractivity contribution is -0.385. The molecule has 0 spiro atoms. The fraction of sp³-hybridized carbons (Fsp3) is 0.500. The Bertz CT molecular complexity index is 632. The minimum Gasteiger partial charge on any atom is -0.298 e. The Morgan fingerprint density at radius 1 is 1.50 bits per heavy atom. The van der Waals surface area contributed by atoms with Gasteiger partial charge in [0.1, 0.15) is 0 Å². The highest BCUT2D eigenvalue weighted by molar-refractivity contribution is 9.10. The lowest BCUT2D eigenvalue weighted by Crippen LogP contribution is -2.32. The van der Waals surface area contributed by atoms with Gasteiger partial charge in [0, 0.05) is 18.7 Å². The second-order valence-electron chi connectivity index (χ2n) is 5.01. The van der Waals surface area contributed by atoms with E-state index < -0.39 is 14.8 Å². The fourth-order valence-corrected chi connectivity index (χ4v) is 4.53. The van der Waals surface area contributed by atoms with Crippen LogP contribution in [0.3, 0.4) is 0 Å². The van der Waals surface area contributed by atoms with Crippen LogP contribution in [0.15, 0.2) is 22.7 Å². The van der Waals surface area contributed by atoms with Crippen LogP contribution in [0.5, 0.6) is 0 Å². The first kappa shape index (κ1) is 15.4. The van der Waals surface area contributed by atoms with E-state index in [1.807, 2.05) is 11.9 Å². The Labute approximate surface area is 126 Å². The summed E-state index contributed by atoms with van der Waals surface area (Å²) < 4.78 is 23.4. The molecule has 6 nitrogen and oxygen atoms in total. The topological polar surface area (TPSA) is 80.5 Å². The maximum atomic E-state index is 11.5. The summed E-state index contributed by atoms with van der Waals surface area (Å²) in [5, 5.41) is 10.9. The molecule has 0 radical (unpaired) electrons. The van der Waals surface area contributed by atoms with Gasteiger partial charge in [-0.05, 0) is 41.0 Å². The average Bonchev–Trinajstić information content (AvgIpc) is 2.72. The highest BCUT2D eigenvalue weighted by Gasteiger charge is 2.30. The molecule has 1 aliphatic rings. The van der Waals surface area contributed by atoms with E-state index in [1.54, 1.807) is 12.1 Å². The molecule has 1 atom stereocenters. The van der Waals surface area contributed by atoms with Gasteiger partial charge in [0.15, 0.2) is 9.84 Å². The number of hydrogen-bond donors (Lipinski definition) is 0. The molecule has 110 valence electrons. The first-order chi connectivity index (χ1) is 9.28. The van der Waals surface area contributed by atoms with E-state index in [-0.39, 0.29) is 23.2 Å². The van der Waals surface area contributed by atoms with Crippen molar-refractivity contribution in [2.45, 2.75) is 19.0 Å². The second kappa shape index (κ2) is 5.79. The number of benzene rings is 1. The first-order valence-corrected chi connectivity index (χ1v) is 8.73. The van der Waals surface area contributed by atoms with Crippen molar-refractivity contribution < 1.29 is 13.3 Å². The number of sulfone groups is 1. The molecule has 20 heavy (non-hydrogen) atoms. The first-order valence-electron chi connectivity index (χ1n) is 6.12. The van der Waals surface area contributed by atoms with Gasteiger partial charge in [-0.15, -0.1) is 0 Å². The van der Waals surface area contributed by atoms with Crippen LogP contribution in [0.2, 0.25) is 0 Å². The Morgan fingerprint density at radius 2 is 2.20 bits per heavy atom. The van der Waals surface area contributed by atoms with Gasteiger partial charge in [0.05, 0.1) is 20.9 Å². The minimum absolute atomic E-state index is 0.0114. The number of nitro groups is 1. The molecule has 0 amide bonds. The van der Waals surface area contributed by atoms with Crippen LogP contribution < -0.4 is 0 Å². The normalized spacial score (nSPS) is 21.2. The highest BCUT2D eigenvalue weighted by atomic mass is 79.9. The molecular weight excluding hydrogens is 348 g/mol. The number of nitro benzene ring substituents is 1. The molecule has 1 aromatic rings. The molecule has 1 fully saturated rings. The smallest absolute Gasteiger partial charge is 0.283 e. The lowest BCUT2D eigenvalue weighted by Gasteiger charge is -2.23. The standard InChI is InChI=1S/C12H15BrN2O4S/c1-14(10-4-5-20(18,19)8-10)7-9-2-3-11(13)12(6-9)15(16)17/h2-3,6,10H,4-5,7-8H2,1H3. The Balaban J connectivity index is 2.10. The number of rotatable bonds is 4. The summed E-state index contributed by atoms with van der Waals surface area (Å²) >= 11 is 3.14. The Hall–Kier alpha value is -0.990. The average molecular weight is 363 g/mol. The molecule has 1 unspecified atom stereocenters. The van der Waals surface area contributed by atoms with Crippen LogP contribution in [0.4, 0.5) is 5.69 Å². The van der Waals surface area contributed by atoms with Crippen LogP contribution in [0.1, 0.15) is 12.0 Å². The van der Waals surface area contributed by atoms with Crippen LogP contribution in [-0.2, 0) is 16.4 Å². The van der Waals surface area contributed by atoms with Gasteiger partial charge < -0.3 is 0 Å². The van der Waals surface area contributed by atoms with Crippen molar-refractivity contribution in [3.05, 3.63) is 38.3 Å². The van der Waals surface area contributed by atoms with E-state index in [0.717, 1.165) is 5.56 Å². The molecule has 1 aliphatic heterocycles. The van der Waals surface area contributed by atoms with E-state index in [2.05, 4.69) is 15.9 Å². The van der Waals surface area contributed by atoms with E-state index in [9.17, 15) is 18.5 Å². The minimum atomic E-state index is -2.92. The van der Waals surface area contributed by atoms with Crippen molar-refractivity contribution in [2.24, 2.45) is 0 Å². The van der Waals surface area contributed by atoms with Gasteiger partial charge in [-0.1, -0.05) is 6.07 Å². The van der Waals surface area contributed by atoms with Crippen molar-refractivity contribution in [3.63, 3.8) is 0 Å². The zero-order chi connectivity index (χ0) is 14.9. The van der Waals surface area contributed by atoms with E-state index in [0.29, 0.717) is 17.4 Å². The summed E-state index contributed by atoms with van der Waals surface area (Å²) in [7, 11) is -1.07. The van der Waals surface area contributed by atoms with Gasteiger partial charge in [-0.2, -0.15) is 0 Å². The quantitative estimate of drug-likeness (QED) is 0.604. The van der Waals surface area contributed by atoms with Gasteiger partial charge in [-0.3, -0.25) is 15.0 Å². The zero-order valence-corrected chi connectivity index (χ0v) is 13.4. The van der Waals surface area contributed by atoms with Crippen LogP contribution in [-0.4, -0.2) is 42.8 Å². The molecule has 0 saturated carbocycles. The molecule has 0 aromatic heterocycles. The van der Waals surface area contributed by atoms with Crippen LogP contribution >= 0.6 is 15.9 Å². The Kier molecular flexibility index (Phi) is 4.46. The molecule has 8 heteroatoms. The van der Waals surface area contributed by atoms with Gasteiger partial charge in [-0.25, -0.2) is 8.42 Å². The van der Waals surface area contributed by atoms with Crippen molar-refractivity contribution in [2.75, 3.05) is 18.6 Å². The van der Waals surface area contributed by atoms with E-state index in [4.69, 9.17) is 0 Å². The molecule has 1 aromatic carbocycles. The second-order valence-corrected chi connectivity index (χ2v) is 8.10. The third-order valence-electron chi connectivity index (χ3n) is 3.47. The summed E-state index contributed by atoms with van der Waals surface area (Å²) in [4.78, 5) is 12.4. The third-order valence-corrected chi connectivity index (χ3v) is 5.89. The van der Waals surface area contributed by atoms with Gasteiger partial charge >= 0.3 is 0 Å². The highest BCUT2D eigenvalue weighted by Crippen LogP contribution is 2.27. The summed E-state index contributed by atoms with van der Waals surface area (Å²) in [6, 6.07) is 4.95. The van der Waals surface area contributed by atoms with Crippen LogP contribution in [0, 0.1) is 10.1 Å². The molecular formula is C12H15BrN2O4S. The number of nitrogens with zero attached hydrogens (tertiary/aromatic N) is 2. The monoisotopic (exact) mass is 362 g/mol. The Morgan fingerprint density at radius 3 is 2.75 bits per heavy atom. The van der Waals surface area contributed by atoms with Crippen LogP contribution in [0.25, 0.3) is 0 Å².